The van der Waals surface area contributed by atoms with E-state index < -0.39 is 15.8 Å². The van der Waals surface area contributed by atoms with Crippen molar-refractivity contribution in [3.8, 4) is 0 Å². The molecule has 0 saturated carbocycles. The van der Waals surface area contributed by atoms with E-state index in [1.54, 1.807) is 0 Å². The molecule has 1 heterocycles. The molecule has 0 bridgehead atoms. The highest BCUT2D eigenvalue weighted by Crippen LogP contribution is 2.16. The van der Waals surface area contributed by atoms with Crippen LogP contribution in [0, 0.1) is 5.92 Å². The van der Waals surface area contributed by atoms with Gasteiger partial charge in [0.2, 0.25) is 0 Å². The van der Waals surface area contributed by atoms with E-state index in [1.165, 1.54) is 0 Å². The highest BCUT2D eigenvalue weighted by molar-refractivity contribution is 7.90. The highest BCUT2D eigenvalue weighted by atomic mass is 32.2. The predicted octanol–water partition coefficient (Wildman–Crippen LogP) is -0.0158. The Morgan fingerprint density at radius 1 is 1.58 bits per heavy atom. The maximum Gasteiger partial charge on any atom is 0.309 e. The minimum Gasteiger partial charge on any atom is -0.465 e. The van der Waals surface area contributed by atoms with E-state index in [4.69, 9.17) is 4.74 Å². The summed E-state index contributed by atoms with van der Waals surface area (Å²) in [5.41, 5.74) is 0. The highest BCUT2D eigenvalue weighted by Gasteiger charge is 2.27. The first-order chi connectivity index (χ1) is 5.49. The Balaban J connectivity index is 2.56. The van der Waals surface area contributed by atoms with Crippen LogP contribution in [0.15, 0.2) is 0 Å². The van der Waals surface area contributed by atoms with Crippen molar-refractivity contribution in [1.29, 1.82) is 0 Å². The molecule has 1 saturated heterocycles. The molecule has 0 aromatic rings. The van der Waals surface area contributed by atoms with Crippen molar-refractivity contribution in [2.24, 2.45) is 5.92 Å². The van der Waals surface area contributed by atoms with Gasteiger partial charge in [0, 0.05) is 6.26 Å². The number of sulfone groups is 1. The summed E-state index contributed by atoms with van der Waals surface area (Å²) in [6, 6.07) is 0. The van der Waals surface area contributed by atoms with E-state index >= 15 is 0 Å². The van der Waals surface area contributed by atoms with Crippen LogP contribution in [0.5, 0.6) is 0 Å². The normalized spacial score (nSPS) is 25.1. The molecule has 1 atom stereocenters. The van der Waals surface area contributed by atoms with Crippen LogP contribution in [0.25, 0.3) is 0 Å². The zero-order valence-electron chi connectivity index (χ0n) is 6.95. The van der Waals surface area contributed by atoms with Gasteiger partial charge in [-0.3, -0.25) is 4.79 Å². The minimum atomic E-state index is -3.06. The second-order valence-electron chi connectivity index (χ2n) is 3.10. The van der Waals surface area contributed by atoms with Gasteiger partial charge in [-0.1, -0.05) is 0 Å². The van der Waals surface area contributed by atoms with Crippen LogP contribution < -0.4 is 0 Å². The Kier molecular flexibility index (Phi) is 2.72. The van der Waals surface area contributed by atoms with Gasteiger partial charge in [0.1, 0.15) is 9.84 Å². The smallest absolute Gasteiger partial charge is 0.309 e. The number of rotatable bonds is 2. The summed E-state index contributed by atoms with van der Waals surface area (Å²) in [4.78, 5) is 11.0. The molecule has 1 aliphatic rings. The van der Waals surface area contributed by atoms with Crippen molar-refractivity contribution in [1.82, 2.24) is 0 Å². The van der Waals surface area contributed by atoms with Gasteiger partial charge >= 0.3 is 5.97 Å². The molecule has 0 aliphatic carbocycles. The lowest BCUT2D eigenvalue weighted by Gasteiger charge is -2.19. The van der Waals surface area contributed by atoms with Crippen LogP contribution in [-0.4, -0.2) is 33.0 Å². The van der Waals surface area contributed by atoms with Gasteiger partial charge in [0.15, 0.2) is 0 Å². The van der Waals surface area contributed by atoms with Gasteiger partial charge in [0.05, 0.1) is 18.3 Å². The van der Waals surface area contributed by atoms with Gasteiger partial charge in [-0.25, -0.2) is 8.42 Å². The number of carbonyl (C=O) groups is 1. The predicted molar refractivity (Wildman–Crippen MR) is 43.4 cm³/mol. The second-order valence-corrected chi connectivity index (χ2v) is 5.28. The van der Waals surface area contributed by atoms with Crippen LogP contribution in [0.2, 0.25) is 0 Å². The Hall–Kier alpha value is -0.580. The number of cyclic esters (lactones) is 1. The molecule has 0 radical (unpaired) electrons. The first kappa shape index (κ1) is 9.51. The van der Waals surface area contributed by atoms with E-state index in [0.717, 1.165) is 12.7 Å². The van der Waals surface area contributed by atoms with Crippen LogP contribution in [0.1, 0.15) is 12.8 Å². The van der Waals surface area contributed by atoms with Crippen LogP contribution >= 0.6 is 0 Å². The molecule has 70 valence electrons. The largest absolute Gasteiger partial charge is 0.465 e. The lowest BCUT2D eigenvalue weighted by atomic mass is 10.0. The summed E-state index contributed by atoms with van der Waals surface area (Å²) in [7, 11) is -3.06. The number of carbonyl (C=O) groups excluding carboxylic acids is 1. The van der Waals surface area contributed by atoms with E-state index in [1.807, 2.05) is 0 Å². The average molecular weight is 192 g/mol. The zero-order valence-corrected chi connectivity index (χ0v) is 7.76. The fourth-order valence-corrected chi connectivity index (χ4v) is 2.29. The van der Waals surface area contributed by atoms with Gasteiger partial charge in [-0.05, 0) is 12.8 Å². The topological polar surface area (TPSA) is 60.4 Å². The maximum atomic E-state index is 11.0. The first-order valence-electron chi connectivity index (χ1n) is 3.83. The molecule has 0 aromatic heterocycles. The molecule has 0 aromatic carbocycles. The molecule has 0 spiro atoms. The summed E-state index contributed by atoms with van der Waals surface area (Å²) in [6.07, 6.45) is 2.53. The third-order valence-electron chi connectivity index (χ3n) is 1.78. The van der Waals surface area contributed by atoms with E-state index in [-0.39, 0.29) is 11.7 Å². The Labute approximate surface area is 71.8 Å². The molecule has 1 fully saturated rings. The number of ether oxygens (including phenoxy) is 1. The van der Waals surface area contributed by atoms with Gasteiger partial charge in [-0.15, -0.1) is 0 Å². The molecule has 4 nitrogen and oxygen atoms in total. The fourth-order valence-electron chi connectivity index (χ4n) is 1.26. The Bertz CT molecular complexity index is 267. The second kappa shape index (κ2) is 3.43. The van der Waals surface area contributed by atoms with Crippen molar-refractivity contribution >= 4 is 15.8 Å². The number of esters is 1. The molecule has 1 rings (SSSR count). The Morgan fingerprint density at radius 2 is 2.25 bits per heavy atom. The van der Waals surface area contributed by atoms with Gasteiger partial charge in [0.25, 0.3) is 0 Å². The zero-order chi connectivity index (χ0) is 9.19. The molecule has 12 heavy (non-hydrogen) atoms. The lowest BCUT2D eigenvalue weighted by molar-refractivity contribution is -0.151. The van der Waals surface area contributed by atoms with E-state index in [0.29, 0.717) is 13.0 Å². The van der Waals surface area contributed by atoms with Crippen molar-refractivity contribution in [2.75, 3.05) is 18.6 Å². The average Bonchev–Trinajstić information content (AvgIpc) is 1.91. The van der Waals surface area contributed by atoms with E-state index in [9.17, 15) is 13.2 Å². The molecule has 1 unspecified atom stereocenters. The van der Waals surface area contributed by atoms with Crippen molar-refractivity contribution < 1.29 is 17.9 Å². The van der Waals surface area contributed by atoms with Gasteiger partial charge < -0.3 is 4.74 Å². The first-order valence-corrected chi connectivity index (χ1v) is 5.89. The molecule has 0 N–H and O–H groups in total. The summed E-state index contributed by atoms with van der Waals surface area (Å²) in [6.45, 7) is 0.430. The molecule has 5 heteroatoms. The summed E-state index contributed by atoms with van der Waals surface area (Å²) < 4.78 is 26.4. The summed E-state index contributed by atoms with van der Waals surface area (Å²) >= 11 is 0. The van der Waals surface area contributed by atoms with Crippen molar-refractivity contribution in [3.05, 3.63) is 0 Å². The third-order valence-corrected chi connectivity index (χ3v) is 2.79. The Morgan fingerprint density at radius 3 is 2.75 bits per heavy atom. The summed E-state index contributed by atoms with van der Waals surface area (Å²) in [5.74, 6) is -0.883. The fraction of sp³-hybridized carbons (Fsp3) is 0.857. The lowest BCUT2D eigenvalue weighted by Crippen LogP contribution is -2.29. The van der Waals surface area contributed by atoms with E-state index in [2.05, 4.69) is 0 Å². The molecule has 0 amide bonds. The third kappa shape index (κ3) is 2.81. The SMILES string of the molecule is CS(=O)(=O)CC1CCCOC1=O. The quantitative estimate of drug-likeness (QED) is 0.577. The maximum absolute atomic E-state index is 11.0. The summed E-state index contributed by atoms with van der Waals surface area (Å²) in [5, 5.41) is 0. The van der Waals surface area contributed by atoms with Gasteiger partial charge in [-0.2, -0.15) is 0 Å². The molecular formula is C7H12O4S. The monoisotopic (exact) mass is 192 g/mol. The number of hydrogen-bond acceptors (Lipinski definition) is 4. The molecule has 1 aliphatic heterocycles. The van der Waals surface area contributed by atoms with Crippen LogP contribution in [0.3, 0.4) is 0 Å². The van der Waals surface area contributed by atoms with Crippen LogP contribution in [0.4, 0.5) is 0 Å². The number of hydrogen-bond donors (Lipinski definition) is 0. The standard InChI is InChI=1S/C7H12O4S/c1-12(9,10)5-6-3-2-4-11-7(6)8/h6H,2-5H2,1H3. The van der Waals surface area contributed by atoms with Crippen molar-refractivity contribution in [3.63, 3.8) is 0 Å². The van der Waals surface area contributed by atoms with Crippen LogP contribution in [-0.2, 0) is 19.4 Å². The van der Waals surface area contributed by atoms with Crippen molar-refractivity contribution in [2.45, 2.75) is 12.8 Å². The molecular weight excluding hydrogens is 180 g/mol. The minimum absolute atomic E-state index is 0.0775.